The standard InChI is InChI=1S/C12H13Br2F3O2/c1-18-9-4-3-7(11(19-2)10(9)14)8(13)5-6-12(15,16)17/h3-4,8H,5-6H2,1-2H3. The molecule has 0 fully saturated rings. The van der Waals surface area contributed by atoms with Crippen LogP contribution < -0.4 is 9.47 Å². The van der Waals surface area contributed by atoms with E-state index in [0.29, 0.717) is 21.5 Å². The van der Waals surface area contributed by atoms with Crippen LogP contribution in [0.15, 0.2) is 16.6 Å². The van der Waals surface area contributed by atoms with Crippen molar-refractivity contribution in [1.29, 1.82) is 0 Å². The normalized spacial score (nSPS) is 13.2. The van der Waals surface area contributed by atoms with Gasteiger partial charge in [-0.1, -0.05) is 22.0 Å². The Bertz CT molecular complexity index is 436. The Morgan fingerprint density at radius 2 is 1.84 bits per heavy atom. The Labute approximate surface area is 126 Å². The van der Waals surface area contributed by atoms with Crippen LogP contribution >= 0.6 is 31.9 Å². The van der Waals surface area contributed by atoms with E-state index in [-0.39, 0.29) is 6.42 Å². The number of halogens is 5. The minimum absolute atomic E-state index is 0.0569. The van der Waals surface area contributed by atoms with Crippen molar-refractivity contribution in [2.75, 3.05) is 14.2 Å². The molecule has 0 aliphatic rings. The van der Waals surface area contributed by atoms with Crippen LogP contribution in [0.1, 0.15) is 23.2 Å². The number of rotatable bonds is 5. The van der Waals surface area contributed by atoms with Crippen LogP contribution in [0, 0.1) is 0 Å². The van der Waals surface area contributed by atoms with Crippen molar-refractivity contribution in [3.8, 4) is 11.5 Å². The fraction of sp³-hybridized carbons (Fsp3) is 0.500. The number of methoxy groups -OCH3 is 2. The van der Waals surface area contributed by atoms with E-state index in [9.17, 15) is 13.2 Å². The average Bonchev–Trinajstić information content (AvgIpc) is 2.34. The van der Waals surface area contributed by atoms with Gasteiger partial charge < -0.3 is 9.47 Å². The van der Waals surface area contributed by atoms with Crippen molar-refractivity contribution in [3.05, 3.63) is 22.2 Å². The van der Waals surface area contributed by atoms with Crippen LogP contribution in [0.3, 0.4) is 0 Å². The molecule has 0 aliphatic carbocycles. The molecule has 0 saturated heterocycles. The third-order valence-electron chi connectivity index (χ3n) is 2.53. The minimum atomic E-state index is -4.16. The number of hydrogen-bond donors (Lipinski definition) is 0. The molecule has 1 rings (SSSR count). The maximum absolute atomic E-state index is 12.2. The zero-order chi connectivity index (χ0) is 14.6. The molecule has 0 bridgehead atoms. The lowest BCUT2D eigenvalue weighted by atomic mass is 10.1. The van der Waals surface area contributed by atoms with Crippen molar-refractivity contribution >= 4 is 31.9 Å². The second-order valence-electron chi connectivity index (χ2n) is 3.83. The number of hydrogen-bond acceptors (Lipinski definition) is 2. The summed E-state index contributed by atoms with van der Waals surface area (Å²) in [4.78, 5) is -0.439. The van der Waals surface area contributed by atoms with Gasteiger partial charge in [0.1, 0.15) is 16.0 Å². The highest BCUT2D eigenvalue weighted by Crippen LogP contribution is 2.44. The van der Waals surface area contributed by atoms with Crippen LogP contribution in [0.25, 0.3) is 0 Å². The highest BCUT2D eigenvalue weighted by molar-refractivity contribution is 9.10. The zero-order valence-corrected chi connectivity index (χ0v) is 13.5. The van der Waals surface area contributed by atoms with Gasteiger partial charge in [-0.2, -0.15) is 13.2 Å². The van der Waals surface area contributed by atoms with Gasteiger partial charge in [0.25, 0.3) is 0 Å². The highest BCUT2D eigenvalue weighted by atomic mass is 79.9. The molecule has 1 atom stereocenters. The van der Waals surface area contributed by atoms with Crippen molar-refractivity contribution in [2.45, 2.75) is 23.8 Å². The largest absolute Gasteiger partial charge is 0.495 e. The molecule has 0 N–H and O–H groups in total. The second kappa shape index (κ2) is 6.83. The van der Waals surface area contributed by atoms with E-state index in [0.717, 1.165) is 0 Å². The summed E-state index contributed by atoms with van der Waals surface area (Å²) in [6, 6.07) is 3.38. The van der Waals surface area contributed by atoms with Gasteiger partial charge in [0.05, 0.1) is 14.2 Å². The van der Waals surface area contributed by atoms with E-state index in [2.05, 4.69) is 31.9 Å². The molecule has 1 aromatic rings. The number of ether oxygens (including phenoxy) is 2. The summed E-state index contributed by atoms with van der Waals surface area (Å²) in [5.74, 6) is 1.04. The van der Waals surface area contributed by atoms with Gasteiger partial charge >= 0.3 is 6.18 Å². The first-order chi connectivity index (χ1) is 8.80. The van der Waals surface area contributed by atoms with Gasteiger partial charge in [0.15, 0.2) is 0 Å². The Morgan fingerprint density at radius 3 is 2.32 bits per heavy atom. The van der Waals surface area contributed by atoms with Crippen LogP contribution in [0.5, 0.6) is 11.5 Å². The molecule has 19 heavy (non-hydrogen) atoms. The molecular formula is C12H13Br2F3O2. The maximum Gasteiger partial charge on any atom is 0.389 e. The Hall–Kier alpha value is -0.430. The molecule has 0 spiro atoms. The lowest BCUT2D eigenvalue weighted by molar-refractivity contribution is -0.135. The molecule has 108 valence electrons. The molecule has 0 aliphatic heterocycles. The third kappa shape index (κ3) is 4.56. The smallest absolute Gasteiger partial charge is 0.389 e. The molecule has 0 aromatic heterocycles. The van der Waals surface area contributed by atoms with E-state index in [1.165, 1.54) is 14.2 Å². The van der Waals surface area contributed by atoms with E-state index < -0.39 is 17.4 Å². The fourth-order valence-corrected chi connectivity index (χ4v) is 2.88. The summed E-state index contributed by atoms with van der Waals surface area (Å²) in [7, 11) is 2.97. The molecule has 1 aromatic carbocycles. The molecule has 0 radical (unpaired) electrons. The van der Waals surface area contributed by atoms with Gasteiger partial charge in [-0.25, -0.2) is 0 Å². The monoisotopic (exact) mass is 404 g/mol. The molecule has 1 unspecified atom stereocenters. The average molecular weight is 406 g/mol. The van der Waals surface area contributed by atoms with Crippen molar-refractivity contribution in [3.63, 3.8) is 0 Å². The number of benzene rings is 1. The first-order valence-electron chi connectivity index (χ1n) is 5.41. The van der Waals surface area contributed by atoms with Gasteiger partial charge in [0, 0.05) is 16.8 Å². The van der Waals surface area contributed by atoms with Crippen LogP contribution in [0.4, 0.5) is 13.2 Å². The van der Waals surface area contributed by atoms with Crippen LogP contribution in [-0.2, 0) is 0 Å². The van der Waals surface area contributed by atoms with E-state index >= 15 is 0 Å². The summed E-state index contributed by atoms with van der Waals surface area (Å²) in [6.45, 7) is 0. The molecule has 0 saturated carbocycles. The minimum Gasteiger partial charge on any atom is -0.495 e. The molecule has 2 nitrogen and oxygen atoms in total. The Kier molecular flexibility index (Phi) is 5.98. The van der Waals surface area contributed by atoms with Crippen molar-refractivity contribution in [2.24, 2.45) is 0 Å². The predicted octanol–water partition coefficient (Wildman–Crippen LogP) is 5.24. The maximum atomic E-state index is 12.2. The quantitative estimate of drug-likeness (QED) is 0.623. The Balaban J connectivity index is 2.97. The summed E-state index contributed by atoms with van der Waals surface area (Å²) in [5, 5.41) is 0. The fourth-order valence-electron chi connectivity index (χ4n) is 1.61. The third-order valence-corrected chi connectivity index (χ3v) is 4.24. The summed E-state index contributed by atoms with van der Waals surface area (Å²) >= 11 is 6.59. The van der Waals surface area contributed by atoms with E-state index in [1.807, 2.05) is 0 Å². The first kappa shape index (κ1) is 16.6. The van der Waals surface area contributed by atoms with Crippen LogP contribution in [-0.4, -0.2) is 20.4 Å². The molecule has 0 heterocycles. The zero-order valence-electron chi connectivity index (χ0n) is 10.4. The summed E-state index contributed by atoms with van der Waals surface area (Å²) in [5.41, 5.74) is 0.652. The topological polar surface area (TPSA) is 18.5 Å². The van der Waals surface area contributed by atoms with Crippen molar-refractivity contribution in [1.82, 2.24) is 0 Å². The van der Waals surface area contributed by atoms with Crippen LogP contribution in [0.2, 0.25) is 0 Å². The van der Waals surface area contributed by atoms with E-state index in [1.54, 1.807) is 12.1 Å². The van der Waals surface area contributed by atoms with Crippen molar-refractivity contribution < 1.29 is 22.6 Å². The predicted molar refractivity (Wildman–Crippen MR) is 74.2 cm³/mol. The van der Waals surface area contributed by atoms with E-state index in [4.69, 9.17) is 9.47 Å². The summed E-state index contributed by atoms with van der Waals surface area (Å²) in [6.07, 6.45) is -5.07. The Morgan fingerprint density at radius 1 is 1.21 bits per heavy atom. The van der Waals surface area contributed by atoms with Gasteiger partial charge in [-0.05, 0) is 28.4 Å². The number of alkyl halides is 4. The lowest BCUT2D eigenvalue weighted by Crippen LogP contribution is -2.08. The van der Waals surface area contributed by atoms with Gasteiger partial charge in [-0.3, -0.25) is 0 Å². The molecule has 7 heteroatoms. The van der Waals surface area contributed by atoms with Gasteiger partial charge in [-0.15, -0.1) is 0 Å². The SMILES string of the molecule is COc1ccc(C(Br)CCC(F)(F)F)c(OC)c1Br. The highest BCUT2D eigenvalue weighted by Gasteiger charge is 2.29. The second-order valence-corrected chi connectivity index (χ2v) is 5.72. The first-order valence-corrected chi connectivity index (χ1v) is 7.12. The lowest BCUT2D eigenvalue weighted by Gasteiger charge is -2.18. The molecule has 0 amide bonds. The molecular weight excluding hydrogens is 393 g/mol. The van der Waals surface area contributed by atoms with Gasteiger partial charge in [0.2, 0.25) is 0 Å². The summed E-state index contributed by atoms with van der Waals surface area (Å²) < 4.78 is 47.6.